The van der Waals surface area contributed by atoms with E-state index in [0.717, 1.165) is 38.2 Å². The molecule has 1 unspecified atom stereocenters. The van der Waals surface area contributed by atoms with Gasteiger partial charge in [-0.15, -0.1) is 0 Å². The fourth-order valence-corrected chi connectivity index (χ4v) is 3.55. The number of carbonyl (C=O) groups is 1. The molecule has 22 heavy (non-hydrogen) atoms. The van der Waals surface area contributed by atoms with E-state index in [0.29, 0.717) is 5.92 Å². The number of rotatable bonds is 2. The van der Waals surface area contributed by atoms with Crippen molar-refractivity contribution in [3.63, 3.8) is 0 Å². The summed E-state index contributed by atoms with van der Waals surface area (Å²) in [5, 5.41) is 3.33. The van der Waals surface area contributed by atoms with Crippen molar-refractivity contribution < 1.29 is 4.79 Å². The Bertz CT molecular complexity index is 696. The summed E-state index contributed by atoms with van der Waals surface area (Å²) in [7, 11) is 0. The molecule has 0 saturated carbocycles. The minimum atomic E-state index is 0.174. The van der Waals surface area contributed by atoms with E-state index in [-0.39, 0.29) is 5.91 Å². The lowest BCUT2D eigenvalue weighted by Gasteiger charge is -2.17. The molecular weight excluding hydrogens is 272 g/mol. The van der Waals surface area contributed by atoms with Crippen LogP contribution in [0.3, 0.4) is 0 Å². The topological polar surface area (TPSA) is 32.3 Å². The van der Waals surface area contributed by atoms with Gasteiger partial charge in [0.1, 0.15) is 0 Å². The number of hydrogen-bond donors (Lipinski definition) is 1. The van der Waals surface area contributed by atoms with Gasteiger partial charge in [-0.2, -0.15) is 0 Å². The number of nitrogens with zero attached hydrogens (tertiary/aromatic N) is 1. The maximum Gasteiger partial charge on any atom is 0.253 e. The number of hydrogen-bond acceptors (Lipinski definition) is 2. The number of benzene rings is 2. The summed E-state index contributed by atoms with van der Waals surface area (Å²) in [5.41, 5.74) is 4.76. The van der Waals surface area contributed by atoms with Crippen LogP contribution in [-0.4, -0.2) is 23.9 Å². The number of nitrogens with one attached hydrogen (secondary N) is 1. The monoisotopic (exact) mass is 292 g/mol. The molecule has 1 amide bonds. The van der Waals surface area contributed by atoms with E-state index in [1.807, 2.05) is 17.0 Å². The Labute approximate surface area is 131 Å². The summed E-state index contributed by atoms with van der Waals surface area (Å²) in [6.07, 6.45) is 1.06. The zero-order valence-corrected chi connectivity index (χ0v) is 12.6. The molecule has 112 valence electrons. The van der Waals surface area contributed by atoms with Crippen LogP contribution < -0.4 is 5.32 Å². The highest BCUT2D eigenvalue weighted by atomic mass is 16.2. The Morgan fingerprint density at radius 3 is 2.73 bits per heavy atom. The van der Waals surface area contributed by atoms with Gasteiger partial charge in [-0.1, -0.05) is 36.4 Å². The normalized spacial score (nSPS) is 20.2. The third kappa shape index (κ3) is 2.42. The lowest BCUT2D eigenvalue weighted by Crippen LogP contribution is -2.28. The SMILES string of the molecule is O=C(c1ccc2c(c1)CNC2)N1CCC(c2ccccc2)C1. The molecular formula is C19H20N2O. The lowest BCUT2D eigenvalue weighted by molar-refractivity contribution is 0.0790. The van der Waals surface area contributed by atoms with Crippen LogP contribution in [0.5, 0.6) is 0 Å². The van der Waals surface area contributed by atoms with Crippen LogP contribution in [-0.2, 0) is 13.1 Å². The molecule has 2 aliphatic rings. The maximum absolute atomic E-state index is 12.7. The van der Waals surface area contributed by atoms with E-state index in [4.69, 9.17) is 0 Å². The van der Waals surface area contributed by atoms with Crippen LogP contribution in [0.4, 0.5) is 0 Å². The molecule has 4 rings (SSSR count). The molecule has 2 aliphatic heterocycles. The van der Waals surface area contributed by atoms with Gasteiger partial charge < -0.3 is 10.2 Å². The molecule has 2 heterocycles. The molecule has 0 bridgehead atoms. The fraction of sp³-hybridized carbons (Fsp3) is 0.316. The number of carbonyl (C=O) groups excluding carboxylic acids is 1. The molecule has 2 aromatic carbocycles. The largest absolute Gasteiger partial charge is 0.338 e. The highest BCUT2D eigenvalue weighted by Crippen LogP contribution is 2.28. The van der Waals surface area contributed by atoms with Crippen molar-refractivity contribution in [2.24, 2.45) is 0 Å². The third-order valence-electron chi connectivity index (χ3n) is 4.83. The van der Waals surface area contributed by atoms with E-state index >= 15 is 0 Å². The van der Waals surface area contributed by atoms with Crippen LogP contribution in [0.2, 0.25) is 0 Å². The van der Waals surface area contributed by atoms with E-state index < -0.39 is 0 Å². The molecule has 3 heteroatoms. The molecule has 0 radical (unpaired) electrons. The fourth-order valence-electron chi connectivity index (χ4n) is 3.55. The molecule has 0 aromatic heterocycles. The first-order valence-electron chi connectivity index (χ1n) is 7.98. The van der Waals surface area contributed by atoms with Crippen molar-refractivity contribution in [1.82, 2.24) is 10.2 Å². The van der Waals surface area contributed by atoms with Gasteiger partial charge in [-0.3, -0.25) is 4.79 Å². The summed E-state index contributed by atoms with van der Waals surface area (Å²) in [5.74, 6) is 0.648. The van der Waals surface area contributed by atoms with Crippen molar-refractivity contribution in [3.8, 4) is 0 Å². The van der Waals surface area contributed by atoms with Gasteiger partial charge in [-0.25, -0.2) is 0 Å². The van der Waals surface area contributed by atoms with Gasteiger partial charge in [0, 0.05) is 37.7 Å². The number of amides is 1. The Morgan fingerprint density at radius 1 is 1.05 bits per heavy atom. The second kappa shape index (κ2) is 5.58. The van der Waals surface area contributed by atoms with Gasteiger partial charge in [0.2, 0.25) is 0 Å². The van der Waals surface area contributed by atoms with Gasteiger partial charge >= 0.3 is 0 Å². The van der Waals surface area contributed by atoms with E-state index in [9.17, 15) is 4.79 Å². The van der Waals surface area contributed by atoms with Crippen molar-refractivity contribution in [3.05, 3.63) is 70.8 Å². The highest BCUT2D eigenvalue weighted by molar-refractivity contribution is 5.94. The lowest BCUT2D eigenvalue weighted by atomic mass is 9.99. The zero-order chi connectivity index (χ0) is 14.9. The van der Waals surface area contributed by atoms with Crippen LogP contribution in [0.1, 0.15) is 39.4 Å². The van der Waals surface area contributed by atoms with Crippen molar-refractivity contribution in [2.75, 3.05) is 13.1 Å². The molecule has 2 aromatic rings. The standard InChI is InChI=1S/C19H20N2O/c22-19(15-6-7-16-11-20-12-18(16)10-15)21-9-8-17(13-21)14-4-2-1-3-5-14/h1-7,10,17,20H,8-9,11-13H2. The van der Waals surface area contributed by atoms with Crippen LogP contribution in [0.15, 0.2) is 48.5 Å². The van der Waals surface area contributed by atoms with Gasteiger partial charge in [0.15, 0.2) is 0 Å². The molecule has 3 nitrogen and oxygen atoms in total. The van der Waals surface area contributed by atoms with Crippen molar-refractivity contribution >= 4 is 5.91 Å². The third-order valence-corrected chi connectivity index (χ3v) is 4.83. The predicted molar refractivity (Wildman–Crippen MR) is 86.7 cm³/mol. The van der Waals surface area contributed by atoms with Gasteiger partial charge in [0.25, 0.3) is 5.91 Å². The average Bonchev–Trinajstić information content (AvgIpc) is 3.23. The molecule has 1 fully saturated rings. The quantitative estimate of drug-likeness (QED) is 0.923. The first-order chi connectivity index (χ1) is 10.8. The van der Waals surface area contributed by atoms with E-state index in [2.05, 4.69) is 41.7 Å². The van der Waals surface area contributed by atoms with Gasteiger partial charge in [0.05, 0.1) is 0 Å². The van der Waals surface area contributed by atoms with Crippen LogP contribution >= 0.6 is 0 Å². The Balaban J connectivity index is 1.50. The summed E-state index contributed by atoms with van der Waals surface area (Å²) in [6, 6.07) is 16.7. The Kier molecular flexibility index (Phi) is 3.43. The summed E-state index contributed by atoms with van der Waals surface area (Å²) in [4.78, 5) is 14.7. The molecule has 0 spiro atoms. The number of likely N-dealkylation sites (tertiary alicyclic amines) is 1. The van der Waals surface area contributed by atoms with E-state index in [1.165, 1.54) is 16.7 Å². The summed E-state index contributed by atoms with van der Waals surface area (Å²) in [6.45, 7) is 3.48. The second-order valence-corrected chi connectivity index (χ2v) is 6.23. The number of fused-ring (bicyclic) bond motifs is 1. The minimum absolute atomic E-state index is 0.174. The smallest absolute Gasteiger partial charge is 0.253 e. The van der Waals surface area contributed by atoms with Crippen LogP contribution in [0.25, 0.3) is 0 Å². The predicted octanol–water partition coefficient (Wildman–Crippen LogP) is 2.92. The van der Waals surface area contributed by atoms with Gasteiger partial charge in [-0.05, 0) is 35.2 Å². The van der Waals surface area contributed by atoms with Crippen molar-refractivity contribution in [1.29, 1.82) is 0 Å². The van der Waals surface area contributed by atoms with E-state index in [1.54, 1.807) is 0 Å². The highest BCUT2D eigenvalue weighted by Gasteiger charge is 2.28. The molecule has 0 aliphatic carbocycles. The molecule has 1 atom stereocenters. The minimum Gasteiger partial charge on any atom is -0.338 e. The average molecular weight is 292 g/mol. The zero-order valence-electron chi connectivity index (χ0n) is 12.6. The summed E-state index contributed by atoms with van der Waals surface area (Å²) >= 11 is 0. The second-order valence-electron chi connectivity index (χ2n) is 6.23. The van der Waals surface area contributed by atoms with Crippen molar-refractivity contribution in [2.45, 2.75) is 25.4 Å². The molecule has 1 saturated heterocycles. The first-order valence-corrected chi connectivity index (χ1v) is 7.98. The Morgan fingerprint density at radius 2 is 1.86 bits per heavy atom. The molecule has 1 N–H and O–H groups in total. The first kappa shape index (κ1) is 13.5. The van der Waals surface area contributed by atoms with Crippen LogP contribution in [0, 0.1) is 0 Å². The maximum atomic E-state index is 12.7. The Hall–Kier alpha value is -2.13. The summed E-state index contributed by atoms with van der Waals surface area (Å²) < 4.78 is 0.